The fourth-order valence-corrected chi connectivity index (χ4v) is 3.11. The van der Waals surface area contributed by atoms with E-state index < -0.39 is 0 Å². The second-order valence-corrected chi connectivity index (χ2v) is 5.40. The lowest BCUT2D eigenvalue weighted by Gasteiger charge is -2.18. The highest BCUT2D eigenvalue weighted by atomic mass is 32.1. The number of fused-ring (bicyclic) bond motifs is 1. The van der Waals surface area contributed by atoms with Crippen LogP contribution in [0.4, 0.5) is 10.7 Å². The fourth-order valence-electron chi connectivity index (χ4n) is 2.26. The minimum Gasteiger partial charge on any atom is -0.385 e. The minimum atomic E-state index is 1.11. The van der Waals surface area contributed by atoms with Crippen LogP contribution < -0.4 is 10.6 Å². The molecule has 0 atom stereocenters. The molecule has 0 saturated heterocycles. The third kappa shape index (κ3) is 2.03. The third-order valence-corrected chi connectivity index (χ3v) is 4.33. The highest BCUT2D eigenvalue weighted by Gasteiger charge is 2.10. The van der Waals surface area contributed by atoms with Gasteiger partial charge in [0, 0.05) is 24.2 Å². The van der Waals surface area contributed by atoms with Crippen molar-refractivity contribution in [3.8, 4) is 10.4 Å². The van der Waals surface area contributed by atoms with E-state index in [4.69, 9.17) is 0 Å². The summed E-state index contributed by atoms with van der Waals surface area (Å²) in [5.41, 5.74) is 4.09. The van der Waals surface area contributed by atoms with Crippen LogP contribution in [0.5, 0.6) is 0 Å². The van der Waals surface area contributed by atoms with Crippen LogP contribution in [-0.4, -0.2) is 13.6 Å². The van der Waals surface area contributed by atoms with Crippen LogP contribution in [0.15, 0.2) is 30.3 Å². The van der Waals surface area contributed by atoms with Gasteiger partial charge in [-0.05, 0) is 48.2 Å². The van der Waals surface area contributed by atoms with Crippen molar-refractivity contribution in [2.24, 2.45) is 0 Å². The molecule has 1 aliphatic rings. The van der Waals surface area contributed by atoms with Gasteiger partial charge in [-0.1, -0.05) is 6.07 Å². The zero-order valence-corrected chi connectivity index (χ0v) is 10.7. The van der Waals surface area contributed by atoms with Crippen LogP contribution in [-0.2, 0) is 6.42 Å². The predicted octanol–water partition coefficient (Wildman–Crippen LogP) is 3.81. The average molecular weight is 244 g/mol. The quantitative estimate of drug-likeness (QED) is 0.839. The summed E-state index contributed by atoms with van der Waals surface area (Å²) in [6, 6.07) is 11.1. The smallest absolute Gasteiger partial charge is 0.0886 e. The molecule has 3 rings (SSSR count). The number of rotatable bonds is 2. The number of hydrogen-bond acceptors (Lipinski definition) is 3. The molecule has 1 aliphatic heterocycles. The zero-order valence-electron chi connectivity index (χ0n) is 9.92. The molecule has 17 heavy (non-hydrogen) atoms. The Labute approximate surface area is 106 Å². The Balaban J connectivity index is 1.97. The van der Waals surface area contributed by atoms with Crippen LogP contribution in [0.3, 0.4) is 0 Å². The highest BCUT2D eigenvalue weighted by molar-refractivity contribution is 7.19. The van der Waals surface area contributed by atoms with Gasteiger partial charge in [0.2, 0.25) is 0 Å². The molecule has 2 N–H and O–H groups in total. The van der Waals surface area contributed by atoms with Gasteiger partial charge in [0.25, 0.3) is 0 Å². The Kier molecular flexibility index (Phi) is 2.77. The number of thiophene rings is 1. The first-order chi connectivity index (χ1) is 8.36. The molecule has 0 fully saturated rings. The van der Waals surface area contributed by atoms with Crippen molar-refractivity contribution in [1.82, 2.24) is 0 Å². The molecule has 0 unspecified atom stereocenters. The Morgan fingerprint density at radius 3 is 3.00 bits per heavy atom. The van der Waals surface area contributed by atoms with E-state index in [0.29, 0.717) is 0 Å². The number of anilines is 2. The lowest BCUT2D eigenvalue weighted by Crippen LogP contribution is -2.11. The van der Waals surface area contributed by atoms with Crippen molar-refractivity contribution >= 4 is 22.0 Å². The Morgan fingerprint density at radius 1 is 1.24 bits per heavy atom. The SMILES string of the molecule is CNc1ccc(-c2ccc3c(c2)CCCN3)s1. The first-order valence-electron chi connectivity index (χ1n) is 6.01. The number of nitrogens with one attached hydrogen (secondary N) is 2. The first kappa shape index (κ1) is 10.7. The minimum absolute atomic E-state index is 1.11. The lowest BCUT2D eigenvalue weighted by atomic mass is 10.0. The Bertz CT molecular complexity index is 531. The van der Waals surface area contributed by atoms with E-state index in [1.807, 2.05) is 7.05 Å². The molecule has 0 saturated carbocycles. The molecule has 0 spiro atoms. The van der Waals surface area contributed by atoms with Gasteiger partial charge in [-0.25, -0.2) is 0 Å². The molecule has 1 aromatic heterocycles. The number of benzene rings is 1. The fraction of sp³-hybridized carbons (Fsp3) is 0.286. The zero-order chi connectivity index (χ0) is 11.7. The summed E-state index contributed by atoms with van der Waals surface area (Å²) in [5, 5.41) is 7.85. The van der Waals surface area contributed by atoms with Gasteiger partial charge >= 0.3 is 0 Å². The Hall–Kier alpha value is -1.48. The van der Waals surface area contributed by atoms with Crippen LogP contribution >= 0.6 is 11.3 Å². The summed E-state index contributed by atoms with van der Waals surface area (Å²) >= 11 is 1.81. The third-order valence-electron chi connectivity index (χ3n) is 3.18. The van der Waals surface area contributed by atoms with E-state index in [0.717, 1.165) is 6.54 Å². The normalized spacial score (nSPS) is 13.9. The van der Waals surface area contributed by atoms with Crippen molar-refractivity contribution in [3.05, 3.63) is 35.9 Å². The van der Waals surface area contributed by atoms with Gasteiger partial charge in [-0.2, -0.15) is 0 Å². The molecule has 1 aromatic carbocycles. The van der Waals surface area contributed by atoms with E-state index in [1.54, 1.807) is 11.3 Å². The molecular formula is C14H16N2S. The van der Waals surface area contributed by atoms with Gasteiger partial charge in [0.05, 0.1) is 5.00 Å². The van der Waals surface area contributed by atoms with E-state index in [-0.39, 0.29) is 0 Å². The molecule has 0 amide bonds. The molecule has 2 heterocycles. The van der Waals surface area contributed by atoms with E-state index >= 15 is 0 Å². The first-order valence-corrected chi connectivity index (χ1v) is 6.83. The van der Waals surface area contributed by atoms with E-state index in [1.165, 1.54) is 39.5 Å². The largest absolute Gasteiger partial charge is 0.385 e. The standard InChI is InChI=1S/C14H16N2S/c1-15-14-7-6-13(17-14)11-4-5-12-10(9-11)3-2-8-16-12/h4-7,9,15-16H,2-3,8H2,1H3. The van der Waals surface area contributed by atoms with Gasteiger partial charge in [-0.3, -0.25) is 0 Å². The predicted molar refractivity (Wildman–Crippen MR) is 76.1 cm³/mol. The van der Waals surface area contributed by atoms with Crippen molar-refractivity contribution in [3.63, 3.8) is 0 Å². The maximum atomic E-state index is 3.45. The summed E-state index contributed by atoms with van der Waals surface area (Å²) in [6.45, 7) is 1.11. The molecule has 2 aromatic rings. The van der Waals surface area contributed by atoms with Crippen molar-refractivity contribution in [2.45, 2.75) is 12.8 Å². The van der Waals surface area contributed by atoms with Gasteiger partial charge in [0.15, 0.2) is 0 Å². The van der Waals surface area contributed by atoms with Crippen LogP contribution in [0.2, 0.25) is 0 Å². The maximum Gasteiger partial charge on any atom is 0.0886 e. The maximum absolute atomic E-state index is 3.45. The van der Waals surface area contributed by atoms with Gasteiger partial charge in [-0.15, -0.1) is 11.3 Å². The van der Waals surface area contributed by atoms with Crippen LogP contribution in [0.25, 0.3) is 10.4 Å². The number of hydrogen-bond donors (Lipinski definition) is 2. The monoisotopic (exact) mass is 244 g/mol. The molecule has 88 valence electrons. The summed E-state index contributed by atoms with van der Waals surface area (Å²) in [4.78, 5) is 1.34. The van der Waals surface area contributed by atoms with Crippen molar-refractivity contribution in [2.75, 3.05) is 24.2 Å². The van der Waals surface area contributed by atoms with Gasteiger partial charge < -0.3 is 10.6 Å². The molecule has 3 heteroatoms. The van der Waals surface area contributed by atoms with Crippen LogP contribution in [0, 0.1) is 0 Å². The van der Waals surface area contributed by atoms with Crippen LogP contribution in [0.1, 0.15) is 12.0 Å². The molecule has 0 aliphatic carbocycles. The van der Waals surface area contributed by atoms with E-state index in [2.05, 4.69) is 41.0 Å². The summed E-state index contributed by atoms with van der Waals surface area (Å²) < 4.78 is 0. The van der Waals surface area contributed by atoms with Crippen molar-refractivity contribution in [1.29, 1.82) is 0 Å². The molecule has 0 bridgehead atoms. The van der Waals surface area contributed by atoms with Gasteiger partial charge in [0.1, 0.15) is 0 Å². The average Bonchev–Trinajstić information content (AvgIpc) is 2.87. The molecule has 2 nitrogen and oxygen atoms in total. The Morgan fingerprint density at radius 2 is 2.18 bits per heavy atom. The topological polar surface area (TPSA) is 24.1 Å². The highest BCUT2D eigenvalue weighted by Crippen LogP contribution is 2.34. The molecule has 0 radical (unpaired) electrons. The summed E-state index contributed by atoms with van der Waals surface area (Å²) in [5.74, 6) is 0. The van der Waals surface area contributed by atoms with E-state index in [9.17, 15) is 0 Å². The molecular weight excluding hydrogens is 228 g/mol. The second kappa shape index (κ2) is 4.41. The lowest BCUT2D eigenvalue weighted by molar-refractivity contribution is 0.831. The summed E-state index contributed by atoms with van der Waals surface area (Å²) in [7, 11) is 1.96. The van der Waals surface area contributed by atoms with Crippen molar-refractivity contribution < 1.29 is 0 Å². The number of aryl methyl sites for hydroxylation is 1. The second-order valence-electron chi connectivity index (χ2n) is 4.32. The summed E-state index contributed by atoms with van der Waals surface area (Å²) in [6.07, 6.45) is 2.43.